The topological polar surface area (TPSA) is 113 Å². The number of esters is 2. The fraction of sp³-hybridized carbons (Fsp3) is 0.857. The van der Waals surface area contributed by atoms with Gasteiger partial charge in [0.15, 0.2) is 0 Å². The van der Waals surface area contributed by atoms with Gasteiger partial charge in [0.25, 0.3) is 0 Å². The monoisotopic (exact) mass is 492 g/mol. The van der Waals surface area contributed by atoms with Gasteiger partial charge in [0, 0.05) is 24.7 Å². The molecule has 0 radical (unpaired) electrons. The summed E-state index contributed by atoms with van der Waals surface area (Å²) in [6.07, 6.45) is 3.25. The van der Waals surface area contributed by atoms with Crippen molar-refractivity contribution in [2.24, 2.45) is 34.5 Å². The molecule has 35 heavy (non-hydrogen) atoms. The molecule has 0 spiro atoms. The number of carbonyl (C=O) groups is 2. The fourth-order valence-electron chi connectivity index (χ4n) is 8.48. The van der Waals surface area contributed by atoms with E-state index in [9.17, 15) is 24.9 Å². The summed E-state index contributed by atoms with van der Waals surface area (Å²) in [5, 5.41) is 33.7. The zero-order valence-electron chi connectivity index (χ0n) is 22.1. The first-order valence-corrected chi connectivity index (χ1v) is 13.4. The minimum atomic E-state index is -1.19. The summed E-state index contributed by atoms with van der Waals surface area (Å²) >= 11 is 0. The number of carbonyl (C=O) groups excluding carboxylic acids is 2. The number of allylic oxidation sites excluding steroid dienone is 1. The van der Waals surface area contributed by atoms with Crippen LogP contribution in [0.25, 0.3) is 0 Å². The Bertz CT molecular complexity index is 881. The lowest BCUT2D eigenvalue weighted by atomic mass is 9.43. The average molecular weight is 493 g/mol. The SMILES string of the molecule is CC(=O)O[C@H]1[C@H]2[C@@H](CC=C3C[C@@H](O)CC[C@@]32C)[C@@]2(O)CC[C@H](C(C)O)[C@@]2(C)[C@@H]1OC(=O)CC(C)C. The number of hydrogen-bond acceptors (Lipinski definition) is 7. The number of fused-ring (bicyclic) bond motifs is 5. The van der Waals surface area contributed by atoms with E-state index >= 15 is 0 Å². The van der Waals surface area contributed by atoms with Crippen molar-refractivity contribution >= 4 is 11.9 Å². The van der Waals surface area contributed by atoms with Gasteiger partial charge in [-0.2, -0.15) is 0 Å². The van der Waals surface area contributed by atoms with E-state index in [0.717, 1.165) is 5.57 Å². The van der Waals surface area contributed by atoms with Crippen molar-refractivity contribution < 1.29 is 34.4 Å². The summed E-state index contributed by atoms with van der Waals surface area (Å²) in [5.41, 5.74) is -1.44. The van der Waals surface area contributed by atoms with Gasteiger partial charge in [0.1, 0.15) is 12.2 Å². The molecule has 0 aliphatic heterocycles. The molecular formula is C28H44O7. The van der Waals surface area contributed by atoms with Crippen LogP contribution in [0.1, 0.15) is 86.5 Å². The predicted molar refractivity (Wildman–Crippen MR) is 130 cm³/mol. The zero-order chi connectivity index (χ0) is 25.9. The maximum absolute atomic E-state index is 13.1. The van der Waals surface area contributed by atoms with Crippen LogP contribution in [0.4, 0.5) is 0 Å². The maximum Gasteiger partial charge on any atom is 0.306 e. The van der Waals surface area contributed by atoms with E-state index in [1.165, 1.54) is 6.92 Å². The number of aliphatic hydroxyl groups is 3. The van der Waals surface area contributed by atoms with E-state index < -0.39 is 46.8 Å². The summed E-state index contributed by atoms with van der Waals surface area (Å²) in [7, 11) is 0. The molecule has 4 rings (SSSR count). The number of aliphatic hydroxyl groups excluding tert-OH is 2. The van der Waals surface area contributed by atoms with Crippen LogP contribution in [-0.4, -0.2) is 57.3 Å². The predicted octanol–water partition coefficient (Wildman–Crippen LogP) is 3.53. The molecule has 0 heterocycles. The molecule has 0 saturated heterocycles. The maximum atomic E-state index is 13.1. The summed E-state index contributed by atoms with van der Waals surface area (Å²) in [6, 6.07) is 0. The number of rotatable bonds is 5. The molecule has 4 aliphatic carbocycles. The van der Waals surface area contributed by atoms with Crippen LogP contribution in [0.5, 0.6) is 0 Å². The van der Waals surface area contributed by atoms with Gasteiger partial charge in [0.2, 0.25) is 0 Å². The Hall–Kier alpha value is -1.44. The summed E-state index contributed by atoms with van der Waals surface area (Å²) < 4.78 is 12.3. The molecule has 0 aromatic rings. The molecule has 4 aliphatic rings. The van der Waals surface area contributed by atoms with E-state index in [1.54, 1.807) is 6.92 Å². The minimum absolute atomic E-state index is 0.0930. The van der Waals surface area contributed by atoms with Crippen LogP contribution >= 0.6 is 0 Å². The molecule has 3 fully saturated rings. The first kappa shape index (κ1) is 26.6. The van der Waals surface area contributed by atoms with Crippen molar-refractivity contribution in [1.29, 1.82) is 0 Å². The van der Waals surface area contributed by atoms with Gasteiger partial charge in [0.05, 0.1) is 17.8 Å². The largest absolute Gasteiger partial charge is 0.458 e. The van der Waals surface area contributed by atoms with Crippen LogP contribution in [0.2, 0.25) is 0 Å². The van der Waals surface area contributed by atoms with E-state index in [2.05, 4.69) is 13.0 Å². The Balaban J connectivity index is 1.89. The Kier molecular flexibility index (Phi) is 6.95. The highest BCUT2D eigenvalue weighted by atomic mass is 16.6. The van der Waals surface area contributed by atoms with Crippen LogP contribution in [0, 0.1) is 34.5 Å². The second-order valence-corrected chi connectivity index (χ2v) is 12.6. The lowest BCUT2D eigenvalue weighted by molar-refractivity contribution is -0.280. The smallest absolute Gasteiger partial charge is 0.306 e. The van der Waals surface area contributed by atoms with E-state index in [1.807, 2.05) is 20.8 Å². The highest BCUT2D eigenvalue weighted by Gasteiger charge is 2.75. The molecule has 3 saturated carbocycles. The molecule has 3 N–H and O–H groups in total. The van der Waals surface area contributed by atoms with E-state index in [-0.39, 0.29) is 36.1 Å². The molecule has 1 unspecified atom stereocenters. The molecule has 198 valence electrons. The Morgan fingerprint density at radius 2 is 1.83 bits per heavy atom. The third-order valence-corrected chi connectivity index (χ3v) is 10.1. The average Bonchev–Trinajstić information content (AvgIpc) is 3.02. The lowest BCUT2D eigenvalue weighted by Crippen LogP contribution is -2.72. The Morgan fingerprint density at radius 1 is 1.14 bits per heavy atom. The summed E-state index contributed by atoms with van der Waals surface area (Å²) in [6.45, 7) is 11.1. The van der Waals surface area contributed by atoms with Crippen LogP contribution in [-0.2, 0) is 19.1 Å². The summed E-state index contributed by atoms with van der Waals surface area (Å²) in [4.78, 5) is 25.6. The second-order valence-electron chi connectivity index (χ2n) is 12.6. The van der Waals surface area contributed by atoms with Crippen molar-refractivity contribution in [2.45, 2.75) is 117 Å². The highest BCUT2D eigenvalue weighted by molar-refractivity contribution is 5.70. The molecule has 0 bridgehead atoms. The van der Waals surface area contributed by atoms with Crippen molar-refractivity contribution in [1.82, 2.24) is 0 Å². The minimum Gasteiger partial charge on any atom is -0.458 e. The number of hydrogen-bond donors (Lipinski definition) is 3. The highest BCUT2D eigenvalue weighted by Crippen LogP contribution is 2.69. The third-order valence-electron chi connectivity index (χ3n) is 10.1. The molecule has 0 aromatic carbocycles. The van der Waals surface area contributed by atoms with E-state index in [4.69, 9.17) is 9.47 Å². The zero-order valence-corrected chi connectivity index (χ0v) is 22.1. The van der Waals surface area contributed by atoms with Gasteiger partial charge < -0.3 is 24.8 Å². The molecule has 7 heteroatoms. The quantitative estimate of drug-likeness (QED) is 0.397. The lowest BCUT2D eigenvalue weighted by Gasteiger charge is -2.65. The van der Waals surface area contributed by atoms with Gasteiger partial charge >= 0.3 is 11.9 Å². The first-order chi connectivity index (χ1) is 16.3. The second kappa shape index (κ2) is 9.14. The molecule has 10 atom stereocenters. The third kappa shape index (κ3) is 4.06. The normalized spacial score (nSPS) is 45.6. The molecule has 0 aromatic heterocycles. The number of ether oxygens (including phenoxy) is 2. The van der Waals surface area contributed by atoms with Crippen molar-refractivity contribution in [3.8, 4) is 0 Å². The molecule has 0 amide bonds. The van der Waals surface area contributed by atoms with Crippen LogP contribution in [0.3, 0.4) is 0 Å². The van der Waals surface area contributed by atoms with Crippen molar-refractivity contribution in [3.05, 3.63) is 11.6 Å². The standard InChI is InChI=1S/C28H44O7/c1-15(2)13-22(32)35-25-24(34-17(4)30)23-21(8-7-18-14-19(31)9-11-26(18,23)5)28(33)12-10-20(16(3)29)27(25,28)6/h7,15-16,19-21,23-25,29,31,33H,8-14H2,1-6H3/t16?,19-,20+,21+,23+,24-,25+,26-,27-,28-/m0/s1. The van der Waals surface area contributed by atoms with Crippen molar-refractivity contribution in [3.63, 3.8) is 0 Å². The Morgan fingerprint density at radius 3 is 2.43 bits per heavy atom. The Labute approximate surface area is 209 Å². The van der Waals surface area contributed by atoms with Gasteiger partial charge in [-0.25, -0.2) is 0 Å². The molecule has 7 nitrogen and oxygen atoms in total. The first-order valence-electron chi connectivity index (χ1n) is 13.4. The van der Waals surface area contributed by atoms with Gasteiger partial charge in [-0.1, -0.05) is 39.3 Å². The van der Waals surface area contributed by atoms with Gasteiger partial charge in [-0.15, -0.1) is 0 Å². The van der Waals surface area contributed by atoms with Gasteiger partial charge in [-0.3, -0.25) is 9.59 Å². The summed E-state index contributed by atoms with van der Waals surface area (Å²) in [5.74, 6) is -1.53. The van der Waals surface area contributed by atoms with Crippen LogP contribution < -0.4 is 0 Å². The molecular weight excluding hydrogens is 448 g/mol. The van der Waals surface area contributed by atoms with Crippen LogP contribution in [0.15, 0.2) is 11.6 Å². The van der Waals surface area contributed by atoms with E-state index in [0.29, 0.717) is 38.5 Å². The fourth-order valence-corrected chi connectivity index (χ4v) is 8.48. The van der Waals surface area contributed by atoms with Crippen molar-refractivity contribution in [2.75, 3.05) is 0 Å². The van der Waals surface area contributed by atoms with Gasteiger partial charge in [-0.05, 0) is 68.6 Å².